The Bertz CT molecular complexity index is 783. The lowest BCUT2D eigenvalue weighted by atomic mass is 9.86. The summed E-state index contributed by atoms with van der Waals surface area (Å²) >= 11 is 0. The highest BCUT2D eigenvalue weighted by Gasteiger charge is 2.15. The SMILES string of the molecule is C/C(=C\C(/C=C/c1ccccc1)NS(=O)c1ccc(C)cc1)C(C)(C)C. The molecule has 0 aliphatic carbocycles. The molecule has 2 rings (SSSR count). The molecular weight excluding hydrogens is 338 g/mol. The van der Waals surface area contributed by atoms with E-state index in [4.69, 9.17) is 0 Å². The fraction of sp³-hybridized carbons (Fsp3) is 0.304. The minimum Gasteiger partial charge on any atom is -0.237 e. The normalized spacial score (nSPS) is 15.2. The zero-order valence-corrected chi connectivity index (χ0v) is 17.1. The van der Waals surface area contributed by atoms with Crippen LogP contribution in [-0.2, 0) is 11.0 Å². The zero-order valence-electron chi connectivity index (χ0n) is 16.3. The average molecular weight is 368 g/mol. The average Bonchev–Trinajstić information content (AvgIpc) is 2.60. The van der Waals surface area contributed by atoms with Gasteiger partial charge in [0.25, 0.3) is 0 Å². The number of allylic oxidation sites excluding steroid dienone is 1. The molecule has 1 N–H and O–H groups in total. The molecule has 0 amide bonds. The number of nitrogens with one attached hydrogen (secondary N) is 1. The maximum Gasteiger partial charge on any atom is 0.125 e. The molecule has 2 aromatic carbocycles. The second kappa shape index (κ2) is 9.11. The highest BCUT2D eigenvalue weighted by atomic mass is 32.2. The van der Waals surface area contributed by atoms with Gasteiger partial charge in [0.05, 0.1) is 10.9 Å². The van der Waals surface area contributed by atoms with Gasteiger partial charge in [0.2, 0.25) is 0 Å². The van der Waals surface area contributed by atoms with Crippen LogP contribution in [0.1, 0.15) is 38.8 Å². The van der Waals surface area contributed by atoms with Crippen molar-refractivity contribution < 1.29 is 4.21 Å². The molecule has 0 bridgehead atoms. The van der Waals surface area contributed by atoms with Crippen molar-refractivity contribution in [2.45, 2.75) is 45.6 Å². The second-order valence-corrected chi connectivity index (χ2v) is 8.84. The molecule has 138 valence electrons. The van der Waals surface area contributed by atoms with Crippen molar-refractivity contribution in [3.05, 3.63) is 83.4 Å². The van der Waals surface area contributed by atoms with Gasteiger partial charge in [-0.25, -0.2) is 8.93 Å². The molecule has 0 aliphatic heterocycles. The van der Waals surface area contributed by atoms with E-state index < -0.39 is 11.0 Å². The molecule has 0 heterocycles. The van der Waals surface area contributed by atoms with Gasteiger partial charge in [0.15, 0.2) is 0 Å². The van der Waals surface area contributed by atoms with Crippen molar-refractivity contribution in [1.29, 1.82) is 0 Å². The molecule has 2 aromatic rings. The summed E-state index contributed by atoms with van der Waals surface area (Å²) in [5.74, 6) is 0. The molecule has 0 fully saturated rings. The summed E-state index contributed by atoms with van der Waals surface area (Å²) in [6, 6.07) is 17.8. The summed E-state index contributed by atoms with van der Waals surface area (Å²) in [5, 5.41) is 0. The third-order valence-electron chi connectivity index (χ3n) is 4.39. The van der Waals surface area contributed by atoms with Gasteiger partial charge in [-0.2, -0.15) is 0 Å². The molecule has 26 heavy (non-hydrogen) atoms. The van der Waals surface area contributed by atoms with Crippen LogP contribution in [0.15, 0.2) is 77.2 Å². The van der Waals surface area contributed by atoms with Gasteiger partial charge in [-0.3, -0.25) is 0 Å². The lowest BCUT2D eigenvalue weighted by Crippen LogP contribution is -2.28. The molecule has 0 aromatic heterocycles. The van der Waals surface area contributed by atoms with E-state index in [0.717, 1.165) is 16.0 Å². The first-order valence-electron chi connectivity index (χ1n) is 8.92. The molecule has 2 nitrogen and oxygen atoms in total. The molecule has 0 radical (unpaired) electrons. The zero-order chi connectivity index (χ0) is 19.2. The Morgan fingerprint density at radius 2 is 1.65 bits per heavy atom. The minimum atomic E-state index is -1.27. The molecule has 0 spiro atoms. The number of benzene rings is 2. The van der Waals surface area contributed by atoms with Gasteiger partial charge >= 0.3 is 0 Å². The van der Waals surface area contributed by atoms with Gasteiger partial charge in [-0.05, 0) is 37.0 Å². The highest BCUT2D eigenvalue weighted by molar-refractivity contribution is 7.83. The maximum atomic E-state index is 12.7. The van der Waals surface area contributed by atoms with E-state index in [0.29, 0.717) is 0 Å². The maximum absolute atomic E-state index is 12.7. The van der Waals surface area contributed by atoms with E-state index >= 15 is 0 Å². The summed E-state index contributed by atoms with van der Waals surface area (Å²) in [4.78, 5) is 0.788. The predicted octanol–water partition coefficient (Wildman–Crippen LogP) is 5.68. The minimum absolute atomic E-state index is 0.0753. The first kappa shape index (κ1) is 20.3. The Labute approximate surface area is 160 Å². The van der Waals surface area contributed by atoms with Crippen LogP contribution in [0.2, 0.25) is 0 Å². The lowest BCUT2D eigenvalue weighted by molar-refractivity contribution is 0.500. The third kappa shape index (κ3) is 6.40. The standard InChI is InChI=1S/C23H29NOS/c1-18-11-15-22(16-12-18)26(25)24-21(17-19(2)23(3,4)5)14-13-20-9-7-6-8-10-20/h6-17,21,24H,1-5H3/b14-13+,19-17+. The summed E-state index contributed by atoms with van der Waals surface area (Å²) in [6.07, 6.45) is 6.29. The Morgan fingerprint density at radius 3 is 2.23 bits per heavy atom. The number of hydrogen-bond acceptors (Lipinski definition) is 1. The second-order valence-electron chi connectivity index (χ2n) is 7.59. The molecule has 3 heteroatoms. The van der Waals surface area contributed by atoms with E-state index in [1.54, 1.807) is 0 Å². The molecule has 0 aliphatic rings. The summed E-state index contributed by atoms with van der Waals surface area (Å²) in [5.41, 5.74) is 3.62. The van der Waals surface area contributed by atoms with E-state index in [9.17, 15) is 4.21 Å². The number of aryl methyl sites for hydroxylation is 1. The topological polar surface area (TPSA) is 29.1 Å². The smallest absolute Gasteiger partial charge is 0.125 e. The monoisotopic (exact) mass is 367 g/mol. The third-order valence-corrected chi connectivity index (χ3v) is 5.57. The van der Waals surface area contributed by atoms with Crippen LogP contribution in [0.3, 0.4) is 0 Å². The summed E-state index contributed by atoms with van der Waals surface area (Å²) in [6.45, 7) is 10.7. The van der Waals surface area contributed by atoms with E-state index in [-0.39, 0.29) is 11.5 Å². The van der Waals surface area contributed by atoms with Crippen LogP contribution in [0, 0.1) is 12.3 Å². The van der Waals surface area contributed by atoms with Gasteiger partial charge in [-0.15, -0.1) is 0 Å². The Kier molecular flexibility index (Phi) is 7.13. The quantitative estimate of drug-likeness (QED) is 0.654. The van der Waals surface area contributed by atoms with Crippen molar-refractivity contribution in [2.24, 2.45) is 5.41 Å². The first-order valence-corrected chi connectivity index (χ1v) is 10.1. The van der Waals surface area contributed by atoms with Crippen molar-refractivity contribution >= 4 is 17.1 Å². The largest absolute Gasteiger partial charge is 0.237 e. The molecule has 2 atom stereocenters. The van der Waals surface area contributed by atoms with Crippen molar-refractivity contribution in [3.63, 3.8) is 0 Å². The van der Waals surface area contributed by atoms with Crippen molar-refractivity contribution in [1.82, 2.24) is 4.72 Å². The summed E-state index contributed by atoms with van der Waals surface area (Å²) in [7, 11) is -1.27. The van der Waals surface area contributed by atoms with Crippen LogP contribution in [-0.4, -0.2) is 10.3 Å². The van der Waals surface area contributed by atoms with Crippen LogP contribution >= 0.6 is 0 Å². The molecule has 0 saturated carbocycles. The number of rotatable bonds is 6. The van der Waals surface area contributed by atoms with E-state index in [2.05, 4.69) is 62.8 Å². The van der Waals surface area contributed by atoms with Gasteiger partial charge in [-0.1, -0.05) is 92.6 Å². The fourth-order valence-corrected chi connectivity index (χ4v) is 3.19. The molecular formula is C23H29NOS. The van der Waals surface area contributed by atoms with E-state index in [1.165, 1.54) is 5.57 Å². The lowest BCUT2D eigenvalue weighted by Gasteiger charge is -2.22. The summed E-state index contributed by atoms with van der Waals surface area (Å²) < 4.78 is 16.0. The first-order chi connectivity index (χ1) is 12.3. The van der Waals surface area contributed by atoms with Crippen LogP contribution in [0.25, 0.3) is 6.08 Å². The predicted molar refractivity (Wildman–Crippen MR) is 113 cm³/mol. The van der Waals surface area contributed by atoms with Crippen LogP contribution in [0.5, 0.6) is 0 Å². The number of hydrogen-bond donors (Lipinski definition) is 1. The van der Waals surface area contributed by atoms with Crippen molar-refractivity contribution in [3.8, 4) is 0 Å². The Hall–Kier alpha value is -1.97. The molecule has 2 unspecified atom stereocenters. The van der Waals surface area contributed by atoms with Gasteiger partial charge in [0.1, 0.15) is 11.0 Å². The van der Waals surface area contributed by atoms with Crippen molar-refractivity contribution in [2.75, 3.05) is 0 Å². The van der Waals surface area contributed by atoms with Gasteiger partial charge in [0, 0.05) is 0 Å². The highest BCUT2D eigenvalue weighted by Crippen LogP contribution is 2.25. The van der Waals surface area contributed by atoms with Crippen LogP contribution < -0.4 is 4.72 Å². The Morgan fingerprint density at radius 1 is 1.04 bits per heavy atom. The fourth-order valence-electron chi connectivity index (χ4n) is 2.28. The molecule has 0 saturated heterocycles. The van der Waals surface area contributed by atoms with E-state index in [1.807, 2.05) is 49.4 Å². The Balaban J connectivity index is 2.23. The van der Waals surface area contributed by atoms with Crippen LogP contribution in [0.4, 0.5) is 0 Å². The van der Waals surface area contributed by atoms with Gasteiger partial charge < -0.3 is 0 Å².